The first kappa shape index (κ1) is 12.9. The van der Waals surface area contributed by atoms with Gasteiger partial charge in [0.2, 0.25) is 0 Å². The van der Waals surface area contributed by atoms with Crippen molar-refractivity contribution in [1.29, 1.82) is 0 Å². The second-order valence-electron chi connectivity index (χ2n) is 3.74. The lowest BCUT2D eigenvalue weighted by atomic mass is 10.2. The first-order valence-electron chi connectivity index (χ1n) is 5.69. The Kier molecular flexibility index (Phi) is 3.97. The second-order valence-corrected chi connectivity index (χ2v) is 3.74. The molecule has 0 aliphatic heterocycles. The standard InChI is InChI=1S/C14H14N2O3/c1-18-11-6-3-5-10(9-11)14(17)16-13-12(19-2)7-4-8-15-13/h3-9H,1-2H3,(H,15,16,17). The summed E-state index contributed by atoms with van der Waals surface area (Å²) >= 11 is 0. The molecule has 0 fully saturated rings. The monoisotopic (exact) mass is 258 g/mol. The topological polar surface area (TPSA) is 60.5 Å². The summed E-state index contributed by atoms with van der Waals surface area (Å²) in [5.41, 5.74) is 0.493. The van der Waals surface area contributed by atoms with E-state index in [1.807, 2.05) is 0 Å². The Labute approximate surface area is 111 Å². The van der Waals surface area contributed by atoms with Gasteiger partial charge in [0.25, 0.3) is 5.91 Å². The van der Waals surface area contributed by atoms with Gasteiger partial charge in [-0.2, -0.15) is 0 Å². The van der Waals surface area contributed by atoms with E-state index in [9.17, 15) is 4.79 Å². The summed E-state index contributed by atoms with van der Waals surface area (Å²) in [5, 5.41) is 2.70. The summed E-state index contributed by atoms with van der Waals surface area (Å²) < 4.78 is 10.2. The van der Waals surface area contributed by atoms with Crippen LogP contribution in [0.15, 0.2) is 42.6 Å². The fraction of sp³-hybridized carbons (Fsp3) is 0.143. The number of carbonyl (C=O) groups excluding carboxylic acids is 1. The van der Waals surface area contributed by atoms with Crippen LogP contribution in [0.3, 0.4) is 0 Å². The highest BCUT2D eigenvalue weighted by molar-refractivity contribution is 6.04. The number of benzene rings is 1. The van der Waals surface area contributed by atoms with Gasteiger partial charge < -0.3 is 14.8 Å². The highest BCUT2D eigenvalue weighted by atomic mass is 16.5. The number of aromatic nitrogens is 1. The Morgan fingerprint density at radius 3 is 2.74 bits per heavy atom. The molecule has 0 saturated heterocycles. The van der Waals surface area contributed by atoms with E-state index in [2.05, 4.69) is 10.3 Å². The van der Waals surface area contributed by atoms with Crippen LogP contribution >= 0.6 is 0 Å². The highest BCUT2D eigenvalue weighted by Gasteiger charge is 2.10. The predicted molar refractivity (Wildman–Crippen MR) is 71.7 cm³/mol. The van der Waals surface area contributed by atoms with Crippen LogP contribution in [0.25, 0.3) is 0 Å². The largest absolute Gasteiger partial charge is 0.497 e. The number of nitrogens with zero attached hydrogens (tertiary/aromatic N) is 1. The number of anilines is 1. The van der Waals surface area contributed by atoms with Gasteiger partial charge in [-0.15, -0.1) is 0 Å². The predicted octanol–water partition coefficient (Wildman–Crippen LogP) is 2.35. The van der Waals surface area contributed by atoms with Crippen LogP contribution in [0.5, 0.6) is 11.5 Å². The van der Waals surface area contributed by atoms with Crippen molar-refractivity contribution in [1.82, 2.24) is 4.98 Å². The number of rotatable bonds is 4. The normalized spacial score (nSPS) is 9.79. The van der Waals surface area contributed by atoms with Gasteiger partial charge in [-0.3, -0.25) is 4.79 Å². The summed E-state index contributed by atoms with van der Waals surface area (Å²) in [5.74, 6) is 1.26. The van der Waals surface area contributed by atoms with Crippen LogP contribution in [-0.4, -0.2) is 25.1 Å². The minimum Gasteiger partial charge on any atom is -0.497 e. The van der Waals surface area contributed by atoms with E-state index in [4.69, 9.17) is 9.47 Å². The van der Waals surface area contributed by atoms with Crippen LogP contribution in [0, 0.1) is 0 Å². The molecule has 0 bridgehead atoms. The van der Waals surface area contributed by atoms with Crippen LogP contribution in [0.2, 0.25) is 0 Å². The molecule has 1 aromatic carbocycles. The van der Waals surface area contributed by atoms with E-state index in [1.54, 1.807) is 49.7 Å². The fourth-order valence-electron chi connectivity index (χ4n) is 1.59. The third-order valence-electron chi connectivity index (χ3n) is 2.55. The Hall–Kier alpha value is -2.56. The van der Waals surface area contributed by atoms with Gasteiger partial charge in [-0.25, -0.2) is 4.98 Å². The fourth-order valence-corrected chi connectivity index (χ4v) is 1.59. The average molecular weight is 258 g/mol. The summed E-state index contributed by atoms with van der Waals surface area (Å²) in [4.78, 5) is 16.2. The highest BCUT2D eigenvalue weighted by Crippen LogP contribution is 2.21. The molecule has 5 heteroatoms. The number of nitrogens with one attached hydrogen (secondary N) is 1. The first-order chi connectivity index (χ1) is 9.24. The molecule has 2 rings (SSSR count). The van der Waals surface area contributed by atoms with E-state index in [0.717, 1.165) is 0 Å². The zero-order valence-electron chi connectivity index (χ0n) is 10.7. The van der Waals surface area contributed by atoms with Gasteiger partial charge in [-0.1, -0.05) is 6.07 Å². The van der Waals surface area contributed by atoms with Crippen molar-refractivity contribution in [2.45, 2.75) is 0 Å². The maximum absolute atomic E-state index is 12.1. The third kappa shape index (κ3) is 3.01. The van der Waals surface area contributed by atoms with E-state index >= 15 is 0 Å². The number of methoxy groups -OCH3 is 2. The first-order valence-corrected chi connectivity index (χ1v) is 5.69. The molecule has 0 saturated carbocycles. The lowest BCUT2D eigenvalue weighted by Gasteiger charge is -2.09. The van der Waals surface area contributed by atoms with Crippen molar-refractivity contribution in [2.75, 3.05) is 19.5 Å². The molecule has 98 valence electrons. The molecular formula is C14H14N2O3. The minimum atomic E-state index is -0.268. The second kappa shape index (κ2) is 5.86. The van der Waals surface area contributed by atoms with Crippen LogP contribution in [0.1, 0.15) is 10.4 Å². The van der Waals surface area contributed by atoms with Crippen molar-refractivity contribution in [2.24, 2.45) is 0 Å². The van der Waals surface area contributed by atoms with Gasteiger partial charge in [0.1, 0.15) is 5.75 Å². The van der Waals surface area contributed by atoms with Gasteiger partial charge in [-0.05, 0) is 30.3 Å². The molecule has 1 heterocycles. The van der Waals surface area contributed by atoms with Crippen molar-refractivity contribution < 1.29 is 14.3 Å². The van der Waals surface area contributed by atoms with Crippen molar-refractivity contribution in [3.8, 4) is 11.5 Å². The maximum atomic E-state index is 12.1. The Morgan fingerprint density at radius 1 is 1.16 bits per heavy atom. The summed E-state index contributed by atoms with van der Waals surface area (Å²) in [6.07, 6.45) is 1.59. The van der Waals surface area contributed by atoms with Gasteiger partial charge >= 0.3 is 0 Å². The minimum absolute atomic E-state index is 0.268. The van der Waals surface area contributed by atoms with Crippen molar-refractivity contribution in [3.05, 3.63) is 48.2 Å². The lowest BCUT2D eigenvalue weighted by Crippen LogP contribution is -2.13. The van der Waals surface area contributed by atoms with Crippen LogP contribution < -0.4 is 14.8 Å². The number of carbonyl (C=O) groups is 1. The Balaban J connectivity index is 2.20. The lowest BCUT2D eigenvalue weighted by molar-refractivity contribution is 0.102. The number of ether oxygens (including phenoxy) is 2. The number of hydrogen-bond acceptors (Lipinski definition) is 4. The number of pyridine rings is 1. The van der Waals surface area contributed by atoms with E-state index in [-0.39, 0.29) is 5.91 Å². The molecule has 19 heavy (non-hydrogen) atoms. The third-order valence-corrected chi connectivity index (χ3v) is 2.55. The van der Waals surface area contributed by atoms with Crippen LogP contribution in [-0.2, 0) is 0 Å². The zero-order valence-corrected chi connectivity index (χ0v) is 10.7. The number of amides is 1. The van der Waals surface area contributed by atoms with Crippen LogP contribution in [0.4, 0.5) is 5.82 Å². The Morgan fingerprint density at radius 2 is 2.00 bits per heavy atom. The quantitative estimate of drug-likeness (QED) is 0.914. The molecule has 0 spiro atoms. The summed E-state index contributed by atoms with van der Waals surface area (Å²) in [6, 6.07) is 10.4. The van der Waals surface area contributed by atoms with Gasteiger partial charge in [0.05, 0.1) is 14.2 Å². The molecule has 1 aromatic heterocycles. The zero-order chi connectivity index (χ0) is 13.7. The van der Waals surface area contributed by atoms with E-state index in [1.165, 1.54) is 7.11 Å². The Bertz CT molecular complexity index is 584. The molecule has 2 aromatic rings. The molecule has 1 N–H and O–H groups in total. The summed E-state index contributed by atoms with van der Waals surface area (Å²) in [6.45, 7) is 0. The molecule has 0 unspecified atom stereocenters. The molecule has 0 atom stereocenters. The van der Waals surface area contributed by atoms with Crippen molar-refractivity contribution >= 4 is 11.7 Å². The molecule has 0 aliphatic carbocycles. The molecule has 0 radical (unpaired) electrons. The molecular weight excluding hydrogens is 244 g/mol. The summed E-state index contributed by atoms with van der Waals surface area (Å²) in [7, 11) is 3.08. The van der Waals surface area contributed by atoms with Gasteiger partial charge in [0, 0.05) is 11.8 Å². The SMILES string of the molecule is COc1cccc(C(=O)Nc2ncccc2OC)c1. The average Bonchev–Trinajstić information content (AvgIpc) is 2.47. The van der Waals surface area contributed by atoms with E-state index < -0.39 is 0 Å². The molecule has 0 aliphatic rings. The van der Waals surface area contributed by atoms with E-state index in [0.29, 0.717) is 22.9 Å². The molecule has 5 nitrogen and oxygen atoms in total. The van der Waals surface area contributed by atoms with Crippen molar-refractivity contribution in [3.63, 3.8) is 0 Å². The number of hydrogen-bond donors (Lipinski definition) is 1. The maximum Gasteiger partial charge on any atom is 0.257 e. The smallest absolute Gasteiger partial charge is 0.257 e. The van der Waals surface area contributed by atoms with Gasteiger partial charge in [0.15, 0.2) is 11.6 Å². The molecule has 1 amide bonds.